The molecule has 0 saturated carbocycles. The molecule has 15 heavy (non-hydrogen) atoms. The molecular formula is C10H14N2O3. The average Bonchev–Trinajstić information content (AvgIpc) is 2.50. The van der Waals surface area contributed by atoms with Crippen LogP contribution in [0, 0.1) is 13.8 Å². The zero-order valence-electron chi connectivity index (χ0n) is 8.76. The zero-order chi connectivity index (χ0) is 11.4. The summed E-state index contributed by atoms with van der Waals surface area (Å²) in [5, 5.41) is 11.1. The van der Waals surface area contributed by atoms with E-state index in [0.29, 0.717) is 28.8 Å². The highest BCUT2D eigenvalue weighted by atomic mass is 16.3. The van der Waals surface area contributed by atoms with Crippen LogP contribution >= 0.6 is 0 Å². The Bertz CT molecular complexity index is 382. The zero-order valence-corrected chi connectivity index (χ0v) is 8.76. The summed E-state index contributed by atoms with van der Waals surface area (Å²) >= 11 is 0. The minimum absolute atomic E-state index is 0.102. The fourth-order valence-electron chi connectivity index (χ4n) is 1.49. The number of nitrogens with one attached hydrogen (secondary N) is 2. The first kappa shape index (κ1) is 11.5. The van der Waals surface area contributed by atoms with Crippen molar-refractivity contribution in [2.24, 2.45) is 0 Å². The molecule has 0 aliphatic rings. The van der Waals surface area contributed by atoms with Gasteiger partial charge in [-0.2, -0.15) is 0 Å². The Morgan fingerprint density at radius 2 is 2.20 bits per heavy atom. The van der Waals surface area contributed by atoms with Crippen LogP contribution in [0.15, 0.2) is 0 Å². The summed E-state index contributed by atoms with van der Waals surface area (Å²) in [6.45, 7) is 3.54. The van der Waals surface area contributed by atoms with Gasteiger partial charge in [0, 0.05) is 12.2 Å². The van der Waals surface area contributed by atoms with Crippen LogP contribution < -0.4 is 5.32 Å². The van der Waals surface area contributed by atoms with Crippen molar-refractivity contribution in [3.8, 4) is 0 Å². The topological polar surface area (TPSA) is 82.2 Å². The van der Waals surface area contributed by atoms with Crippen molar-refractivity contribution < 1.29 is 14.7 Å². The van der Waals surface area contributed by atoms with Crippen molar-refractivity contribution in [3.05, 3.63) is 22.5 Å². The van der Waals surface area contributed by atoms with Gasteiger partial charge in [0.25, 0.3) is 5.91 Å². The molecule has 1 amide bonds. The minimum atomic E-state index is -0.275. The lowest BCUT2D eigenvalue weighted by atomic mass is 10.1. The van der Waals surface area contributed by atoms with Gasteiger partial charge < -0.3 is 15.4 Å². The standard InChI is InChI=1S/C10H14N2O3/c1-6-8(5-14)12-7(2)9(6)10(15)11-3-4-13/h5,12-13H,3-4H2,1-2H3,(H,11,15). The van der Waals surface area contributed by atoms with Gasteiger partial charge in [-0.05, 0) is 19.4 Å². The van der Waals surface area contributed by atoms with Crippen LogP contribution in [-0.2, 0) is 0 Å². The first-order valence-electron chi connectivity index (χ1n) is 4.65. The van der Waals surface area contributed by atoms with Crippen molar-refractivity contribution in [2.45, 2.75) is 13.8 Å². The molecule has 0 spiro atoms. The van der Waals surface area contributed by atoms with Crippen molar-refractivity contribution in [3.63, 3.8) is 0 Å². The highest BCUT2D eigenvalue weighted by Gasteiger charge is 2.16. The maximum atomic E-state index is 11.6. The quantitative estimate of drug-likeness (QED) is 0.619. The van der Waals surface area contributed by atoms with Gasteiger partial charge in [-0.1, -0.05) is 0 Å². The lowest BCUT2D eigenvalue weighted by molar-refractivity contribution is 0.0943. The lowest BCUT2D eigenvalue weighted by Gasteiger charge is -2.03. The first-order chi connectivity index (χ1) is 7.11. The summed E-state index contributed by atoms with van der Waals surface area (Å²) in [5.74, 6) is -0.275. The molecule has 1 rings (SSSR count). The number of aldehydes is 1. The summed E-state index contributed by atoms with van der Waals surface area (Å²) in [6, 6.07) is 0. The fourth-order valence-corrected chi connectivity index (χ4v) is 1.49. The van der Waals surface area contributed by atoms with Gasteiger partial charge in [0.05, 0.1) is 17.9 Å². The molecule has 3 N–H and O–H groups in total. The van der Waals surface area contributed by atoms with Crippen LogP contribution in [0.3, 0.4) is 0 Å². The number of carbonyl (C=O) groups is 2. The molecule has 0 aliphatic carbocycles. The number of aliphatic hydroxyl groups is 1. The minimum Gasteiger partial charge on any atom is -0.395 e. The van der Waals surface area contributed by atoms with Crippen LogP contribution in [-0.4, -0.2) is 35.4 Å². The summed E-state index contributed by atoms with van der Waals surface area (Å²) in [6.07, 6.45) is 0.686. The monoisotopic (exact) mass is 210 g/mol. The van der Waals surface area contributed by atoms with Gasteiger partial charge in [-0.25, -0.2) is 0 Å². The molecule has 0 fully saturated rings. The molecule has 5 heteroatoms. The Hall–Kier alpha value is -1.62. The van der Waals surface area contributed by atoms with Crippen molar-refractivity contribution in [1.82, 2.24) is 10.3 Å². The Balaban J connectivity index is 2.98. The molecule has 5 nitrogen and oxygen atoms in total. The van der Waals surface area contributed by atoms with E-state index in [4.69, 9.17) is 5.11 Å². The molecule has 0 saturated heterocycles. The summed E-state index contributed by atoms with van der Waals surface area (Å²) in [4.78, 5) is 25.1. The van der Waals surface area contributed by atoms with E-state index < -0.39 is 0 Å². The van der Waals surface area contributed by atoms with E-state index in [2.05, 4.69) is 10.3 Å². The third-order valence-electron chi connectivity index (χ3n) is 2.22. The first-order valence-corrected chi connectivity index (χ1v) is 4.65. The molecule has 0 unspecified atom stereocenters. The second kappa shape index (κ2) is 4.75. The molecule has 0 bridgehead atoms. The molecule has 1 heterocycles. The van der Waals surface area contributed by atoms with Crippen LogP contribution in [0.2, 0.25) is 0 Å². The van der Waals surface area contributed by atoms with E-state index >= 15 is 0 Å². The average molecular weight is 210 g/mol. The molecular weight excluding hydrogens is 196 g/mol. The van der Waals surface area contributed by atoms with Crippen LogP contribution in [0.25, 0.3) is 0 Å². The third kappa shape index (κ3) is 2.24. The number of rotatable bonds is 4. The number of hydrogen-bond donors (Lipinski definition) is 3. The smallest absolute Gasteiger partial charge is 0.253 e. The number of aromatic nitrogens is 1. The van der Waals surface area contributed by atoms with Crippen molar-refractivity contribution in [1.29, 1.82) is 0 Å². The van der Waals surface area contributed by atoms with Gasteiger partial charge >= 0.3 is 0 Å². The number of carbonyl (C=O) groups excluding carboxylic acids is 2. The normalized spacial score (nSPS) is 10.1. The van der Waals surface area contributed by atoms with Crippen LogP contribution in [0.4, 0.5) is 0 Å². The van der Waals surface area contributed by atoms with E-state index in [9.17, 15) is 9.59 Å². The number of aliphatic hydroxyl groups excluding tert-OH is 1. The van der Waals surface area contributed by atoms with E-state index in [-0.39, 0.29) is 19.1 Å². The fraction of sp³-hybridized carbons (Fsp3) is 0.400. The molecule has 0 radical (unpaired) electrons. The predicted octanol–water partition coefficient (Wildman–Crippen LogP) is 0.166. The number of aryl methyl sites for hydroxylation is 1. The van der Waals surface area contributed by atoms with Crippen molar-refractivity contribution >= 4 is 12.2 Å². The number of H-pyrrole nitrogens is 1. The summed E-state index contributed by atoms with van der Waals surface area (Å²) < 4.78 is 0. The molecule has 1 aromatic rings. The van der Waals surface area contributed by atoms with E-state index in [1.165, 1.54) is 0 Å². The van der Waals surface area contributed by atoms with Gasteiger partial charge in [0.1, 0.15) is 0 Å². The Morgan fingerprint density at radius 1 is 1.53 bits per heavy atom. The van der Waals surface area contributed by atoms with Gasteiger partial charge in [-0.15, -0.1) is 0 Å². The third-order valence-corrected chi connectivity index (χ3v) is 2.22. The number of aromatic amines is 1. The maximum absolute atomic E-state index is 11.6. The predicted molar refractivity (Wildman–Crippen MR) is 55.1 cm³/mol. The lowest BCUT2D eigenvalue weighted by Crippen LogP contribution is -2.27. The largest absolute Gasteiger partial charge is 0.395 e. The highest BCUT2D eigenvalue weighted by Crippen LogP contribution is 2.15. The molecule has 1 aromatic heterocycles. The van der Waals surface area contributed by atoms with Gasteiger partial charge in [0.2, 0.25) is 0 Å². The second-order valence-corrected chi connectivity index (χ2v) is 3.26. The van der Waals surface area contributed by atoms with Gasteiger partial charge in [-0.3, -0.25) is 9.59 Å². The molecule has 82 valence electrons. The second-order valence-electron chi connectivity index (χ2n) is 3.26. The van der Waals surface area contributed by atoms with Crippen LogP contribution in [0.1, 0.15) is 32.1 Å². The summed E-state index contributed by atoms with van der Waals surface area (Å²) in [5.41, 5.74) is 2.19. The molecule has 0 atom stereocenters. The van der Waals surface area contributed by atoms with Crippen molar-refractivity contribution in [2.75, 3.05) is 13.2 Å². The molecule has 0 aliphatic heterocycles. The Labute approximate surface area is 87.5 Å². The number of amides is 1. The maximum Gasteiger partial charge on any atom is 0.253 e. The van der Waals surface area contributed by atoms with E-state index in [1.807, 2.05) is 0 Å². The molecule has 0 aromatic carbocycles. The van der Waals surface area contributed by atoms with Gasteiger partial charge in [0.15, 0.2) is 6.29 Å². The Kier molecular flexibility index (Phi) is 3.62. The highest BCUT2D eigenvalue weighted by molar-refractivity contribution is 5.99. The van der Waals surface area contributed by atoms with Crippen LogP contribution in [0.5, 0.6) is 0 Å². The number of hydrogen-bond acceptors (Lipinski definition) is 3. The summed E-state index contributed by atoms with van der Waals surface area (Å²) in [7, 11) is 0. The van der Waals surface area contributed by atoms with E-state index in [1.54, 1.807) is 13.8 Å². The van der Waals surface area contributed by atoms with E-state index in [0.717, 1.165) is 0 Å². The Morgan fingerprint density at radius 3 is 2.67 bits per heavy atom. The SMILES string of the molecule is Cc1[nH]c(C=O)c(C)c1C(=O)NCCO.